The highest BCUT2D eigenvalue weighted by molar-refractivity contribution is 5.06. The minimum Gasteiger partial charge on any atom is -0.389 e. The largest absolute Gasteiger partial charge is 0.389 e. The van der Waals surface area contributed by atoms with Crippen LogP contribution >= 0.6 is 0 Å². The molecule has 1 N–H and O–H groups in total. The van der Waals surface area contributed by atoms with E-state index < -0.39 is 0 Å². The molecule has 4 aliphatic carbocycles. The molecule has 92 valence electrons. The van der Waals surface area contributed by atoms with E-state index in [0.717, 1.165) is 24.2 Å². The van der Waals surface area contributed by atoms with Crippen LogP contribution in [0.2, 0.25) is 0 Å². The number of hydrogen-bond donors (Lipinski definition) is 1. The summed E-state index contributed by atoms with van der Waals surface area (Å²) in [5.41, 5.74) is -0.266. The summed E-state index contributed by atoms with van der Waals surface area (Å²) in [5.74, 6) is 4.00. The lowest BCUT2D eigenvalue weighted by molar-refractivity contribution is -0.177. The Morgan fingerprint density at radius 3 is 1.94 bits per heavy atom. The molecule has 0 aromatic heterocycles. The van der Waals surface area contributed by atoms with Crippen LogP contribution in [0.3, 0.4) is 0 Å². The Morgan fingerprint density at radius 2 is 1.50 bits per heavy atom. The van der Waals surface area contributed by atoms with Crippen LogP contribution in [-0.2, 0) is 0 Å². The van der Waals surface area contributed by atoms with Gasteiger partial charge in [-0.2, -0.15) is 0 Å². The standard InChI is InChI=1S/C15H26O/c1-10(2)3-4-15(16)13-6-11-5-12(8-13)9-14(15)7-11/h10-14,16H,3-9H2,1-2H3. The van der Waals surface area contributed by atoms with Crippen molar-refractivity contribution in [1.82, 2.24) is 0 Å². The van der Waals surface area contributed by atoms with Crippen molar-refractivity contribution in [3.8, 4) is 0 Å². The van der Waals surface area contributed by atoms with E-state index in [1.165, 1.54) is 38.5 Å². The summed E-state index contributed by atoms with van der Waals surface area (Å²) in [6.45, 7) is 4.55. The highest BCUT2D eigenvalue weighted by Gasteiger charge is 2.55. The third kappa shape index (κ3) is 1.63. The molecule has 0 heterocycles. The van der Waals surface area contributed by atoms with Crippen molar-refractivity contribution in [2.75, 3.05) is 0 Å². The van der Waals surface area contributed by atoms with E-state index in [1.807, 2.05) is 0 Å². The normalized spacial score (nSPS) is 50.2. The molecule has 0 spiro atoms. The second-order valence-electron chi connectivity index (χ2n) is 7.23. The molecule has 0 amide bonds. The second-order valence-corrected chi connectivity index (χ2v) is 7.23. The lowest BCUT2D eigenvalue weighted by atomic mass is 9.49. The van der Waals surface area contributed by atoms with E-state index in [9.17, 15) is 5.11 Å². The lowest BCUT2D eigenvalue weighted by Crippen LogP contribution is -2.57. The molecule has 0 unspecified atom stereocenters. The Morgan fingerprint density at radius 1 is 1.00 bits per heavy atom. The van der Waals surface area contributed by atoms with Gasteiger partial charge >= 0.3 is 0 Å². The second kappa shape index (κ2) is 3.73. The minimum absolute atomic E-state index is 0.266. The zero-order valence-corrected chi connectivity index (χ0v) is 10.8. The van der Waals surface area contributed by atoms with Crippen LogP contribution in [-0.4, -0.2) is 10.7 Å². The third-order valence-corrected chi connectivity index (χ3v) is 5.67. The topological polar surface area (TPSA) is 20.2 Å². The summed E-state index contributed by atoms with van der Waals surface area (Å²) in [4.78, 5) is 0. The molecular weight excluding hydrogens is 196 g/mol. The van der Waals surface area contributed by atoms with Gasteiger partial charge in [-0.15, -0.1) is 0 Å². The Hall–Kier alpha value is -0.0400. The SMILES string of the molecule is CC(C)CCC1(O)C2CC3CC(C2)CC1C3. The quantitative estimate of drug-likeness (QED) is 0.773. The number of aliphatic hydroxyl groups is 1. The zero-order valence-electron chi connectivity index (χ0n) is 10.8. The van der Waals surface area contributed by atoms with Crippen LogP contribution in [0.1, 0.15) is 58.8 Å². The summed E-state index contributed by atoms with van der Waals surface area (Å²) in [5, 5.41) is 11.0. The summed E-state index contributed by atoms with van der Waals surface area (Å²) >= 11 is 0. The predicted molar refractivity (Wildman–Crippen MR) is 66.1 cm³/mol. The van der Waals surface area contributed by atoms with Gasteiger partial charge in [0.15, 0.2) is 0 Å². The van der Waals surface area contributed by atoms with Gasteiger partial charge in [0, 0.05) is 0 Å². The van der Waals surface area contributed by atoms with Crippen LogP contribution < -0.4 is 0 Å². The molecule has 16 heavy (non-hydrogen) atoms. The number of rotatable bonds is 3. The first-order valence-electron chi connectivity index (χ1n) is 7.30. The fourth-order valence-electron chi connectivity index (χ4n) is 4.93. The molecule has 4 rings (SSSR count). The van der Waals surface area contributed by atoms with Gasteiger partial charge in [-0.05, 0) is 74.5 Å². The lowest BCUT2D eigenvalue weighted by Gasteiger charge is -2.59. The summed E-state index contributed by atoms with van der Waals surface area (Å²) < 4.78 is 0. The predicted octanol–water partition coefficient (Wildman–Crippen LogP) is 3.61. The van der Waals surface area contributed by atoms with Crippen LogP contribution in [0.15, 0.2) is 0 Å². The highest BCUT2D eigenvalue weighted by Crippen LogP contribution is 2.59. The smallest absolute Gasteiger partial charge is 0.0704 e. The van der Waals surface area contributed by atoms with Gasteiger partial charge in [-0.1, -0.05) is 13.8 Å². The van der Waals surface area contributed by atoms with Gasteiger partial charge in [0.05, 0.1) is 5.60 Å². The van der Waals surface area contributed by atoms with Gasteiger partial charge in [-0.25, -0.2) is 0 Å². The van der Waals surface area contributed by atoms with Crippen LogP contribution in [0, 0.1) is 29.6 Å². The molecule has 1 heteroatoms. The summed E-state index contributed by atoms with van der Waals surface area (Å²) in [6, 6.07) is 0. The minimum atomic E-state index is -0.266. The maximum absolute atomic E-state index is 11.0. The molecule has 4 fully saturated rings. The van der Waals surface area contributed by atoms with Gasteiger partial charge in [0.2, 0.25) is 0 Å². The van der Waals surface area contributed by atoms with E-state index in [-0.39, 0.29) is 5.60 Å². The molecule has 0 aliphatic heterocycles. The van der Waals surface area contributed by atoms with Crippen molar-refractivity contribution in [2.45, 2.75) is 64.4 Å². The third-order valence-electron chi connectivity index (χ3n) is 5.67. The molecule has 1 nitrogen and oxygen atoms in total. The molecule has 0 atom stereocenters. The fourth-order valence-corrected chi connectivity index (χ4v) is 4.93. The Balaban J connectivity index is 1.74. The van der Waals surface area contributed by atoms with Gasteiger partial charge in [-0.3, -0.25) is 0 Å². The van der Waals surface area contributed by atoms with Gasteiger partial charge in [0.25, 0.3) is 0 Å². The Bertz CT molecular complexity index is 241. The molecule has 4 bridgehead atoms. The first kappa shape index (κ1) is 11.1. The average molecular weight is 222 g/mol. The van der Waals surface area contributed by atoms with E-state index >= 15 is 0 Å². The molecule has 0 saturated heterocycles. The molecular formula is C15H26O. The Kier molecular flexibility index (Phi) is 2.58. The zero-order chi connectivity index (χ0) is 11.3. The monoisotopic (exact) mass is 222 g/mol. The highest BCUT2D eigenvalue weighted by atomic mass is 16.3. The first-order valence-corrected chi connectivity index (χ1v) is 7.30. The van der Waals surface area contributed by atoms with Gasteiger partial charge < -0.3 is 5.11 Å². The average Bonchev–Trinajstić information content (AvgIpc) is 2.22. The molecule has 0 aromatic rings. The van der Waals surface area contributed by atoms with E-state index in [2.05, 4.69) is 13.8 Å². The summed E-state index contributed by atoms with van der Waals surface area (Å²) in [7, 11) is 0. The van der Waals surface area contributed by atoms with Crippen molar-refractivity contribution in [3.05, 3.63) is 0 Å². The molecule has 4 aliphatic rings. The van der Waals surface area contributed by atoms with E-state index in [4.69, 9.17) is 0 Å². The molecule has 0 radical (unpaired) electrons. The van der Waals surface area contributed by atoms with Gasteiger partial charge in [0.1, 0.15) is 0 Å². The van der Waals surface area contributed by atoms with Crippen LogP contribution in [0.4, 0.5) is 0 Å². The van der Waals surface area contributed by atoms with Crippen molar-refractivity contribution >= 4 is 0 Å². The van der Waals surface area contributed by atoms with Crippen molar-refractivity contribution in [3.63, 3.8) is 0 Å². The maximum atomic E-state index is 11.0. The molecule has 0 aromatic carbocycles. The van der Waals surface area contributed by atoms with Crippen molar-refractivity contribution < 1.29 is 5.11 Å². The van der Waals surface area contributed by atoms with E-state index in [1.54, 1.807) is 0 Å². The summed E-state index contributed by atoms with van der Waals surface area (Å²) in [6.07, 6.45) is 9.10. The van der Waals surface area contributed by atoms with Crippen LogP contribution in [0.5, 0.6) is 0 Å². The van der Waals surface area contributed by atoms with E-state index in [0.29, 0.717) is 11.8 Å². The fraction of sp³-hybridized carbons (Fsp3) is 1.00. The number of hydrogen-bond acceptors (Lipinski definition) is 1. The first-order chi connectivity index (χ1) is 7.58. The van der Waals surface area contributed by atoms with Crippen molar-refractivity contribution in [1.29, 1.82) is 0 Å². The maximum Gasteiger partial charge on any atom is 0.0704 e. The van der Waals surface area contributed by atoms with Crippen molar-refractivity contribution in [2.24, 2.45) is 29.6 Å². The van der Waals surface area contributed by atoms with Crippen LogP contribution in [0.25, 0.3) is 0 Å². The Labute approximate surface area is 99.6 Å². The molecule has 4 saturated carbocycles.